The Labute approximate surface area is 199 Å². The number of amides is 2. The molecule has 0 radical (unpaired) electrons. The zero-order chi connectivity index (χ0) is 23.3. The van der Waals surface area contributed by atoms with Gasteiger partial charge in [-0.25, -0.2) is 9.59 Å². The van der Waals surface area contributed by atoms with Gasteiger partial charge in [-0.3, -0.25) is 9.80 Å². The number of rotatable bonds is 4. The molecule has 0 aromatic heterocycles. The first-order chi connectivity index (χ1) is 16.7. The summed E-state index contributed by atoms with van der Waals surface area (Å²) in [5, 5.41) is 0. The Bertz CT molecular complexity index is 1010. The highest BCUT2D eigenvalue weighted by atomic mass is 16.6. The summed E-state index contributed by atoms with van der Waals surface area (Å²) in [6, 6.07) is 17.6. The summed E-state index contributed by atoms with van der Waals surface area (Å²) in [6.07, 6.45) is 14.6. The molecule has 4 bridgehead atoms. The number of benzene rings is 2. The summed E-state index contributed by atoms with van der Waals surface area (Å²) in [7, 11) is 0. The quantitative estimate of drug-likeness (QED) is 0.652. The van der Waals surface area contributed by atoms with Crippen LogP contribution in [0.1, 0.15) is 11.1 Å². The molecule has 2 aromatic rings. The van der Waals surface area contributed by atoms with E-state index in [1.807, 2.05) is 109 Å². The van der Waals surface area contributed by atoms with Crippen molar-refractivity contribution in [2.24, 2.45) is 0 Å². The molecule has 1 fully saturated rings. The summed E-state index contributed by atoms with van der Waals surface area (Å²) >= 11 is 0. The highest BCUT2D eigenvalue weighted by molar-refractivity contribution is 5.74. The molecule has 1 saturated heterocycles. The molecule has 3 aliphatic heterocycles. The van der Waals surface area contributed by atoms with Crippen molar-refractivity contribution in [3.63, 3.8) is 0 Å². The standard InChI is InChI=1S/C28H26N2O4/c31-27(33-19-21-11-3-1-4-12-21)29-23-15-7-8-16-24(29)26-18-10-9-17-25(23)30(26)28(32)34-20-22-13-5-2-6-14-22/h1-18,23-26H,19-20H2. The predicted octanol–water partition coefficient (Wildman–Crippen LogP) is 5.00. The van der Waals surface area contributed by atoms with Gasteiger partial charge >= 0.3 is 12.2 Å². The van der Waals surface area contributed by atoms with E-state index in [9.17, 15) is 9.59 Å². The molecule has 2 aromatic carbocycles. The molecule has 6 nitrogen and oxygen atoms in total. The maximum atomic E-state index is 13.3. The number of hydrogen-bond acceptors (Lipinski definition) is 4. The molecule has 0 aliphatic carbocycles. The van der Waals surface area contributed by atoms with Gasteiger partial charge in [-0.1, -0.05) is 109 Å². The van der Waals surface area contributed by atoms with Gasteiger partial charge in [0.25, 0.3) is 0 Å². The van der Waals surface area contributed by atoms with Crippen LogP contribution in [0.3, 0.4) is 0 Å². The van der Waals surface area contributed by atoms with E-state index in [1.165, 1.54) is 0 Å². The molecule has 34 heavy (non-hydrogen) atoms. The average Bonchev–Trinajstić information content (AvgIpc) is 3.17. The van der Waals surface area contributed by atoms with Gasteiger partial charge in [0.05, 0.1) is 24.2 Å². The van der Waals surface area contributed by atoms with E-state index in [0.29, 0.717) is 0 Å². The van der Waals surface area contributed by atoms with Crippen molar-refractivity contribution in [2.45, 2.75) is 37.4 Å². The zero-order valence-corrected chi connectivity index (χ0v) is 18.6. The number of nitrogens with zero attached hydrogens (tertiary/aromatic N) is 2. The van der Waals surface area contributed by atoms with Crippen LogP contribution in [0, 0.1) is 0 Å². The lowest BCUT2D eigenvalue weighted by Crippen LogP contribution is -2.68. The van der Waals surface area contributed by atoms with Crippen molar-refractivity contribution in [3.05, 3.63) is 120 Å². The van der Waals surface area contributed by atoms with Gasteiger partial charge in [-0.2, -0.15) is 0 Å². The van der Waals surface area contributed by atoms with E-state index in [2.05, 4.69) is 0 Å². The molecule has 4 atom stereocenters. The third kappa shape index (κ3) is 4.39. The second-order valence-electron chi connectivity index (χ2n) is 8.40. The number of ether oxygens (including phenoxy) is 2. The van der Waals surface area contributed by atoms with E-state index in [0.717, 1.165) is 11.1 Å². The predicted molar refractivity (Wildman–Crippen MR) is 129 cm³/mol. The minimum absolute atomic E-state index is 0.187. The van der Waals surface area contributed by atoms with Crippen molar-refractivity contribution in [2.75, 3.05) is 0 Å². The van der Waals surface area contributed by atoms with Crippen LogP contribution in [0.25, 0.3) is 0 Å². The monoisotopic (exact) mass is 454 g/mol. The first-order valence-electron chi connectivity index (χ1n) is 11.4. The Morgan fingerprint density at radius 2 is 0.882 bits per heavy atom. The van der Waals surface area contributed by atoms with Gasteiger partial charge in [0.1, 0.15) is 13.2 Å². The molecular formula is C28H26N2O4. The van der Waals surface area contributed by atoms with E-state index >= 15 is 0 Å². The van der Waals surface area contributed by atoms with Gasteiger partial charge in [0.2, 0.25) is 0 Å². The first-order valence-corrected chi connectivity index (χ1v) is 11.4. The second kappa shape index (κ2) is 9.83. The minimum atomic E-state index is -0.411. The fourth-order valence-corrected chi connectivity index (χ4v) is 4.67. The Hall–Kier alpha value is -4.06. The Morgan fingerprint density at radius 1 is 0.559 bits per heavy atom. The third-order valence-electron chi connectivity index (χ3n) is 6.27. The summed E-state index contributed by atoms with van der Waals surface area (Å²) < 4.78 is 11.4. The van der Waals surface area contributed by atoms with Gasteiger partial charge in [0, 0.05) is 0 Å². The fraction of sp³-hybridized carbons (Fsp3) is 0.214. The normalized spacial score (nSPS) is 24.4. The molecule has 6 heteroatoms. The third-order valence-corrected chi connectivity index (χ3v) is 6.27. The maximum Gasteiger partial charge on any atom is 0.411 e. The molecule has 2 amide bonds. The van der Waals surface area contributed by atoms with Crippen molar-refractivity contribution in [1.29, 1.82) is 0 Å². The molecule has 4 unspecified atom stereocenters. The molecule has 5 rings (SSSR count). The van der Waals surface area contributed by atoms with Crippen LogP contribution >= 0.6 is 0 Å². The van der Waals surface area contributed by atoms with E-state index < -0.39 is 12.2 Å². The summed E-state index contributed by atoms with van der Waals surface area (Å²) in [6.45, 7) is 0.375. The first kappa shape index (κ1) is 21.8. The Balaban J connectivity index is 1.39. The van der Waals surface area contributed by atoms with E-state index in [4.69, 9.17) is 9.47 Å². The highest BCUT2D eigenvalue weighted by Gasteiger charge is 2.50. The number of hydrogen-bond donors (Lipinski definition) is 0. The number of allylic oxidation sites excluding steroid dienone is 4. The second-order valence-corrected chi connectivity index (χ2v) is 8.40. The van der Waals surface area contributed by atoms with Crippen LogP contribution in [0.2, 0.25) is 0 Å². The molecule has 0 spiro atoms. The zero-order valence-electron chi connectivity index (χ0n) is 18.6. The SMILES string of the molecule is O=C(OCc1ccccc1)N1C2C=CC=CC1C1C=CC=CC2N1C(=O)OCc1ccccc1. The average molecular weight is 455 g/mol. The number of fused-ring (bicyclic) bond motifs is 6. The minimum Gasteiger partial charge on any atom is -0.445 e. The summed E-state index contributed by atoms with van der Waals surface area (Å²) in [5.74, 6) is 0. The Morgan fingerprint density at radius 3 is 1.21 bits per heavy atom. The molecule has 0 N–H and O–H groups in total. The van der Waals surface area contributed by atoms with Crippen molar-refractivity contribution >= 4 is 12.2 Å². The number of carbonyl (C=O) groups excluding carboxylic acids is 2. The number of piperazine rings is 1. The van der Waals surface area contributed by atoms with Crippen LogP contribution in [0.5, 0.6) is 0 Å². The van der Waals surface area contributed by atoms with Gasteiger partial charge in [-0.15, -0.1) is 0 Å². The van der Waals surface area contributed by atoms with Crippen molar-refractivity contribution < 1.29 is 19.1 Å². The maximum absolute atomic E-state index is 13.3. The molecule has 3 aliphatic rings. The van der Waals surface area contributed by atoms with E-state index in [-0.39, 0.29) is 37.4 Å². The van der Waals surface area contributed by atoms with Gasteiger partial charge < -0.3 is 9.47 Å². The lowest BCUT2D eigenvalue weighted by Gasteiger charge is -2.51. The van der Waals surface area contributed by atoms with Crippen LogP contribution in [-0.2, 0) is 22.7 Å². The molecule has 172 valence electrons. The molecular weight excluding hydrogens is 428 g/mol. The lowest BCUT2D eigenvalue weighted by atomic mass is 9.93. The van der Waals surface area contributed by atoms with Gasteiger partial charge in [0.15, 0.2) is 0 Å². The van der Waals surface area contributed by atoms with Crippen LogP contribution in [0.15, 0.2) is 109 Å². The molecule has 0 saturated carbocycles. The van der Waals surface area contributed by atoms with Crippen molar-refractivity contribution in [3.8, 4) is 0 Å². The summed E-state index contributed by atoms with van der Waals surface area (Å²) in [4.78, 5) is 30.1. The highest BCUT2D eigenvalue weighted by Crippen LogP contribution is 2.34. The number of carbonyl (C=O) groups is 2. The largest absolute Gasteiger partial charge is 0.445 e. The molecule has 3 heterocycles. The fourth-order valence-electron chi connectivity index (χ4n) is 4.67. The lowest BCUT2D eigenvalue weighted by molar-refractivity contribution is -0.00590. The Kier molecular flexibility index (Phi) is 6.29. The van der Waals surface area contributed by atoms with E-state index in [1.54, 1.807) is 9.80 Å². The van der Waals surface area contributed by atoms with Crippen LogP contribution in [0.4, 0.5) is 9.59 Å². The smallest absolute Gasteiger partial charge is 0.411 e. The van der Waals surface area contributed by atoms with Crippen LogP contribution < -0.4 is 0 Å². The summed E-state index contributed by atoms with van der Waals surface area (Å²) in [5.41, 5.74) is 1.84. The topological polar surface area (TPSA) is 59.1 Å². The van der Waals surface area contributed by atoms with Crippen LogP contribution in [-0.4, -0.2) is 46.2 Å². The van der Waals surface area contributed by atoms with Gasteiger partial charge in [-0.05, 0) is 11.1 Å². The van der Waals surface area contributed by atoms with Crippen molar-refractivity contribution in [1.82, 2.24) is 9.80 Å².